The SMILES string of the molecule is CCCC(Nc1cc(Cl)ccc1Cl)C(=O)O. The van der Waals surface area contributed by atoms with Gasteiger partial charge in [-0.3, -0.25) is 0 Å². The Balaban J connectivity index is 2.84. The van der Waals surface area contributed by atoms with Crippen molar-refractivity contribution in [1.29, 1.82) is 0 Å². The predicted molar refractivity (Wildman–Crippen MR) is 66.4 cm³/mol. The van der Waals surface area contributed by atoms with Crippen LogP contribution in [0.5, 0.6) is 0 Å². The summed E-state index contributed by atoms with van der Waals surface area (Å²) in [7, 11) is 0. The number of anilines is 1. The van der Waals surface area contributed by atoms with Crippen LogP contribution in [0.4, 0.5) is 5.69 Å². The van der Waals surface area contributed by atoms with Gasteiger partial charge in [-0.1, -0.05) is 36.5 Å². The van der Waals surface area contributed by atoms with Crippen LogP contribution in [0.3, 0.4) is 0 Å². The highest BCUT2D eigenvalue weighted by molar-refractivity contribution is 6.35. The van der Waals surface area contributed by atoms with E-state index in [4.69, 9.17) is 28.3 Å². The van der Waals surface area contributed by atoms with Gasteiger partial charge in [0.2, 0.25) is 0 Å². The van der Waals surface area contributed by atoms with Gasteiger partial charge in [0.15, 0.2) is 0 Å². The molecule has 0 bridgehead atoms. The highest BCUT2D eigenvalue weighted by Gasteiger charge is 2.17. The molecule has 3 nitrogen and oxygen atoms in total. The highest BCUT2D eigenvalue weighted by Crippen LogP contribution is 2.26. The number of aliphatic carboxylic acids is 1. The lowest BCUT2D eigenvalue weighted by Gasteiger charge is -2.16. The summed E-state index contributed by atoms with van der Waals surface area (Å²) in [5, 5.41) is 12.8. The molecule has 1 unspecified atom stereocenters. The fourth-order valence-corrected chi connectivity index (χ4v) is 1.69. The van der Waals surface area contributed by atoms with E-state index in [1.807, 2.05) is 6.92 Å². The Labute approximate surface area is 104 Å². The Morgan fingerprint density at radius 3 is 2.75 bits per heavy atom. The van der Waals surface area contributed by atoms with Crippen LogP contribution in [0.25, 0.3) is 0 Å². The Hall–Kier alpha value is -0.930. The molecule has 0 amide bonds. The molecule has 0 spiro atoms. The molecule has 0 aliphatic heterocycles. The van der Waals surface area contributed by atoms with Gasteiger partial charge < -0.3 is 10.4 Å². The Morgan fingerprint density at radius 1 is 1.50 bits per heavy atom. The van der Waals surface area contributed by atoms with Crippen molar-refractivity contribution in [3.63, 3.8) is 0 Å². The summed E-state index contributed by atoms with van der Waals surface area (Å²) in [5.41, 5.74) is 0.551. The van der Waals surface area contributed by atoms with Crippen LogP contribution < -0.4 is 5.32 Å². The second kappa shape index (κ2) is 5.97. The van der Waals surface area contributed by atoms with Gasteiger partial charge in [0.25, 0.3) is 0 Å². The first-order chi connectivity index (χ1) is 7.54. The monoisotopic (exact) mass is 261 g/mol. The van der Waals surface area contributed by atoms with Crippen LogP contribution in [0.2, 0.25) is 10.0 Å². The first kappa shape index (κ1) is 13.1. The normalized spacial score (nSPS) is 12.2. The molecule has 1 atom stereocenters. The maximum Gasteiger partial charge on any atom is 0.326 e. The minimum absolute atomic E-state index is 0.465. The highest BCUT2D eigenvalue weighted by atomic mass is 35.5. The van der Waals surface area contributed by atoms with Crippen molar-refractivity contribution >= 4 is 34.9 Å². The van der Waals surface area contributed by atoms with E-state index in [-0.39, 0.29) is 0 Å². The van der Waals surface area contributed by atoms with Gasteiger partial charge in [-0.05, 0) is 24.6 Å². The second-order valence-electron chi connectivity index (χ2n) is 3.45. The van der Waals surface area contributed by atoms with E-state index in [2.05, 4.69) is 5.32 Å². The molecule has 0 saturated carbocycles. The van der Waals surface area contributed by atoms with Crippen LogP contribution in [0.1, 0.15) is 19.8 Å². The summed E-state index contributed by atoms with van der Waals surface area (Å²) >= 11 is 11.7. The summed E-state index contributed by atoms with van der Waals surface area (Å²) in [6.45, 7) is 1.93. The second-order valence-corrected chi connectivity index (χ2v) is 4.29. The van der Waals surface area contributed by atoms with E-state index >= 15 is 0 Å². The van der Waals surface area contributed by atoms with E-state index < -0.39 is 12.0 Å². The molecule has 5 heteroatoms. The quantitative estimate of drug-likeness (QED) is 0.851. The zero-order chi connectivity index (χ0) is 12.1. The standard InChI is InChI=1S/C11H13Cl2NO2/c1-2-3-9(11(15)16)14-10-6-7(12)4-5-8(10)13/h4-6,9,14H,2-3H2,1H3,(H,15,16). The fourth-order valence-electron chi connectivity index (χ4n) is 1.34. The van der Waals surface area contributed by atoms with Gasteiger partial charge >= 0.3 is 5.97 Å². The van der Waals surface area contributed by atoms with Crippen LogP contribution in [-0.2, 0) is 4.79 Å². The lowest BCUT2D eigenvalue weighted by molar-refractivity contribution is -0.138. The van der Waals surface area contributed by atoms with Crippen LogP contribution in [0, 0.1) is 0 Å². The number of rotatable bonds is 5. The number of benzene rings is 1. The topological polar surface area (TPSA) is 49.3 Å². The van der Waals surface area contributed by atoms with Crippen molar-refractivity contribution in [2.45, 2.75) is 25.8 Å². The zero-order valence-corrected chi connectivity index (χ0v) is 10.3. The largest absolute Gasteiger partial charge is 0.480 e. The van der Waals surface area contributed by atoms with Crippen molar-refractivity contribution in [2.75, 3.05) is 5.32 Å². The van der Waals surface area contributed by atoms with Crippen LogP contribution in [0.15, 0.2) is 18.2 Å². The Morgan fingerprint density at radius 2 is 2.19 bits per heavy atom. The lowest BCUT2D eigenvalue weighted by atomic mass is 10.1. The smallest absolute Gasteiger partial charge is 0.326 e. The summed E-state index contributed by atoms with van der Waals surface area (Å²) in [6.07, 6.45) is 1.32. The number of hydrogen-bond acceptors (Lipinski definition) is 2. The molecule has 0 heterocycles. The Bertz CT molecular complexity index is 382. The average molecular weight is 262 g/mol. The van der Waals surface area contributed by atoms with Gasteiger partial charge in [0.1, 0.15) is 6.04 Å². The van der Waals surface area contributed by atoms with Crippen LogP contribution in [-0.4, -0.2) is 17.1 Å². The van der Waals surface area contributed by atoms with Crippen molar-refractivity contribution < 1.29 is 9.90 Å². The van der Waals surface area contributed by atoms with E-state index in [0.717, 1.165) is 6.42 Å². The molecular formula is C11H13Cl2NO2. The molecule has 2 N–H and O–H groups in total. The van der Waals surface area contributed by atoms with Gasteiger partial charge in [-0.15, -0.1) is 0 Å². The number of carboxylic acid groups (broad SMARTS) is 1. The molecule has 0 aliphatic carbocycles. The zero-order valence-electron chi connectivity index (χ0n) is 8.84. The molecule has 0 fully saturated rings. The van der Waals surface area contributed by atoms with Crippen molar-refractivity contribution in [3.8, 4) is 0 Å². The van der Waals surface area contributed by atoms with Crippen molar-refractivity contribution in [1.82, 2.24) is 0 Å². The molecule has 0 saturated heterocycles. The molecule has 0 radical (unpaired) electrons. The molecule has 0 aliphatic rings. The summed E-state index contributed by atoms with van der Waals surface area (Å²) in [5.74, 6) is -0.891. The van der Waals surface area contributed by atoms with E-state index in [0.29, 0.717) is 22.2 Å². The number of carboxylic acids is 1. The first-order valence-corrected chi connectivity index (χ1v) is 5.74. The summed E-state index contributed by atoms with van der Waals surface area (Å²) in [6, 6.07) is 4.28. The number of nitrogens with one attached hydrogen (secondary N) is 1. The molecular weight excluding hydrogens is 249 g/mol. The predicted octanol–water partition coefficient (Wildman–Crippen LogP) is 3.66. The van der Waals surface area contributed by atoms with Gasteiger partial charge in [0.05, 0.1) is 10.7 Å². The van der Waals surface area contributed by atoms with Gasteiger partial charge in [-0.25, -0.2) is 4.79 Å². The summed E-state index contributed by atoms with van der Waals surface area (Å²) < 4.78 is 0. The molecule has 88 valence electrons. The number of halogens is 2. The molecule has 1 rings (SSSR count). The third kappa shape index (κ3) is 3.58. The third-order valence-electron chi connectivity index (χ3n) is 2.13. The van der Waals surface area contributed by atoms with Crippen molar-refractivity contribution in [3.05, 3.63) is 28.2 Å². The van der Waals surface area contributed by atoms with E-state index in [1.54, 1.807) is 18.2 Å². The van der Waals surface area contributed by atoms with Crippen LogP contribution >= 0.6 is 23.2 Å². The minimum atomic E-state index is -0.891. The number of carbonyl (C=O) groups is 1. The van der Waals surface area contributed by atoms with Crippen molar-refractivity contribution in [2.24, 2.45) is 0 Å². The Kier molecular flexibility index (Phi) is 4.90. The lowest BCUT2D eigenvalue weighted by Crippen LogP contribution is -2.29. The van der Waals surface area contributed by atoms with Gasteiger partial charge in [0, 0.05) is 5.02 Å². The number of hydrogen-bond donors (Lipinski definition) is 2. The minimum Gasteiger partial charge on any atom is -0.480 e. The van der Waals surface area contributed by atoms with E-state index in [1.165, 1.54) is 0 Å². The maximum absolute atomic E-state index is 11.0. The molecule has 16 heavy (non-hydrogen) atoms. The maximum atomic E-state index is 11.0. The van der Waals surface area contributed by atoms with E-state index in [9.17, 15) is 4.79 Å². The summed E-state index contributed by atoms with van der Waals surface area (Å²) in [4.78, 5) is 11.0. The molecule has 0 aromatic heterocycles. The first-order valence-electron chi connectivity index (χ1n) is 4.99. The third-order valence-corrected chi connectivity index (χ3v) is 2.70. The van der Waals surface area contributed by atoms with Gasteiger partial charge in [-0.2, -0.15) is 0 Å². The molecule has 1 aromatic carbocycles. The molecule has 1 aromatic rings. The average Bonchev–Trinajstić information content (AvgIpc) is 2.22. The fraction of sp³-hybridized carbons (Fsp3) is 0.364.